The van der Waals surface area contributed by atoms with Crippen molar-refractivity contribution in [1.82, 2.24) is 5.32 Å². The van der Waals surface area contributed by atoms with Gasteiger partial charge in [0.1, 0.15) is 0 Å². The molecule has 0 radical (unpaired) electrons. The standard InChI is InChI=1S/C15H19BrClNO/c1-10-2-4-11(5-3-10)9-18-15(19)12-6-7-14(17)13(16)8-12/h6-8,10-11H,2-5,9H2,1H3,(H,18,19). The molecule has 0 saturated heterocycles. The van der Waals surface area contributed by atoms with Crippen molar-refractivity contribution in [2.45, 2.75) is 32.6 Å². The van der Waals surface area contributed by atoms with Gasteiger partial charge in [0.05, 0.1) is 5.02 Å². The second kappa shape index (κ2) is 6.76. The maximum atomic E-state index is 12.0. The van der Waals surface area contributed by atoms with Gasteiger partial charge in [-0.25, -0.2) is 0 Å². The second-order valence-corrected chi connectivity index (χ2v) is 6.73. The Labute approximate surface area is 128 Å². The van der Waals surface area contributed by atoms with Gasteiger partial charge in [-0.05, 0) is 58.8 Å². The molecule has 104 valence electrons. The third-order valence-electron chi connectivity index (χ3n) is 3.87. The normalized spacial score (nSPS) is 23.1. The van der Waals surface area contributed by atoms with E-state index in [1.54, 1.807) is 18.2 Å². The van der Waals surface area contributed by atoms with Gasteiger partial charge in [0.15, 0.2) is 0 Å². The predicted molar refractivity (Wildman–Crippen MR) is 82.6 cm³/mol. The molecule has 1 aromatic carbocycles. The summed E-state index contributed by atoms with van der Waals surface area (Å²) in [7, 11) is 0. The zero-order chi connectivity index (χ0) is 13.8. The number of carbonyl (C=O) groups is 1. The van der Waals surface area contributed by atoms with E-state index < -0.39 is 0 Å². The molecule has 0 aromatic heterocycles. The van der Waals surface area contributed by atoms with Crippen LogP contribution in [0.4, 0.5) is 0 Å². The molecule has 0 atom stereocenters. The van der Waals surface area contributed by atoms with Gasteiger partial charge in [-0.15, -0.1) is 0 Å². The van der Waals surface area contributed by atoms with E-state index in [0.29, 0.717) is 16.5 Å². The Morgan fingerprint density at radius 1 is 1.37 bits per heavy atom. The van der Waals surface area contributed by atoms with Crippen LogP contribution < -0.4 is 5.32 Å². The lowest BCUT2D eigenvalue weighted by atomic mass is 9.83. The van der Waals surface area contributed by atoms with Crippen molar-refractivity contribution in [1.29, 1.82) is 0 Å². The minimum atomic E-state index is -0.0176. The summed E-state index contributed by atoms with van der Waals surface area (Å²) in [6.45, 7) is 3.09. The van der Waals surface area contributed by atoms with Crippen LogP contribution >= 0.6 is 27.5 Å². The lowest BCUT2D eigenvalue weighted by Gasteiger charge is -2.26. The fourth-order valence-electron chi connectivity index (χ4n) is 2.51. The van der Waals surface area contributed by atoms with Crippen molar-refractivity contribution >= 4 is 33.4 Å². The van der Waals surface area contributed by atoms with E-state index in [4.69, 9.17) is 11.6 Å². The van der Waals surface area contributed by atoms with Gasteiger partial charge in [0.2, 0.25) is 0 Å². The molecule has 0 unspecified atom stereocenters. The molecule has 1 fully saturated rings. The van der Waals surface area contributed by atoms with Crippen LogP contribution in [-0.4, -0.2) is 12.5 Å². The first-order chi connectivity index (χ1) is 9.06. The van der Waals surface area contributed by atoms with Crippen molar-refractivity contribution in [2.24, 2.45) is 11.8 Å². The van der Waals surface area contributed by atoms with Gasteiger partial charge < -0.3 is 5.32 Å². The van der Waals surface area contributed by atoms with Crippen LogP contribution in [0.1, 0.15) is 43.0 Å². The number of rotatable bonds is 3. The van der Waals surface area contributed by atoms with Crippen LogP contribution in [0.15, 0.2) is 22.7 Å². The summed E-state index contributed by atoms with van der Waals surface area (Å²) in [5.41, 5.74) is 0.653. The van der Waals surface area contributed by atoms with E-state index in [1.807, 2.05) is 0 Å². The Morgan fingerprint density at radius 2 is 2.05 bits per heavy atom. The lowest BCUT2D eigenvalue weighted by Crippen LogP contribution is -2.31. The number of nitrogens with one attached hydrogen (secondary N) is 1. The van der Waals surface area contributed by atoms with Gasteiger partial charge >= 0.3 is 0 Å². The average Bonchev–Trinajstić information content (AvgIpc) is 2.41. The van der Waals surface area contributed by atoms with Crippen molar-refractivity contribution < 1.29 is 4.79 Å². The molecule has 4 heteroatoms. The molecule has 0 bridgehead atoms. The van der Waals surface area contributed by atoms with E-state index in [2.05, 4.69) is 28.2 Å². The number of hydrogen-bond donors (Lipinski definition) is 1. The number of amides is 1. The van der Waals surface area contributed by atoms with Gasteiger partial charge in [-0.1, -0.05) is 31.4 Å². The monoisotopic (exact) mass is 343 g/mol. The number of hydrogen-bond acceptors (Lipinski definition) is 1. The molecule has 0 aliphatic heterocycles. The molecule has 0 heterocycles. The van der Waals surface area contributed by atoms with Gasteiger partial charge in [0, 0.05) is 16.6 Å². The average molecular weight is 345 g/mol. The van der Waals surface area contributed by atoms with E-state index in [1.165, 1.54) is 25.7 Å². The number of benzene rings is 1. The fourth-order valence-corrected chi connectivity index (χ4v) is 3.01. The van der Waals surface area contributed by atoms with Crippen LogP contribution in [0, 0.1) is 11.8 Å². The molecule has 1 aliphatic rings. The van der Waals surface area contributed by atoms with E-state index in [0.717, 1.165) is 16.9 Å². The largest absolute Gasteiger partial charge is 0.352 e. The molecule has 1 N–H and O–H groups in total. The molecule has 1 saturated carbocycles. The zero-order valence-corrected chi connectivity index (χ0v) is 13.4. The summed E-state index contributed by atoms with van der Waals surface area (Å²) in [6.07, 6.45) is 5.03. The highest BCUT2D eigenvalue weighted by Crippen LogP contribution is 2.28. The van der Waals surface area contributed by atoms with E-state index in [9.17, 15) is 4.79 Å². The maximum Gasteiger partial charge on any atom is 0.251 e. The molecule has 2 rings (SSSR count). The topological polar surface area (TPSA) is 29.1 Å². The molecule has 1 amide bonds. The van der Waals surface area contributed by atoms with E-state index >= 15 is 0 Å². The summed E-state index contributed by atoms with van der Waals surface area (Å²) in [5, 5.41) is 3.65. The van der Waals surface area contributed by atoms with Gasteiger partial charge in [-0.3, -0.25) is 4.79 Å². The molecular weight excluding hydrogens is 326 g/mol. The Balaban J connectivity index is 1.85. The summed E-state index contributed by atoms with van der Waals surface area (Å²) in [4.78, 5) is 12.0. The van der Waals surface area contributed by atoms with Crippen molar-refractivity contribution in [2.75, 3.05) is 6.54 Å². The Bertz CT molecular complexity index is 455. The summed E-state index contributed by atoms with van der Waals surface area (Å²) >= 11 is 9.26. The van der Waals surface area contributed by atoms with Crippen molar-refractivity contribution in [3.05, 3.63) is 33.3 Å². The summed E-state index contributed by atoms with van der Waals surface area (Å²) < 4.78 is 0.758. The van der Waals surface area contributed by atoms with Gasteiger partial charge in [0.25, 0.3) is 5.91 Å². The van der Waals surface area contributed by atoms with E-state index in [-0.39, 0.29) is 5.91 Å². The van der Waals surface area contributed by atoms with Crippen LogP contribution in [-0.2, 0) is 0 Å². The van der Waals surface area contributed by atoms with Crippen LogP contribution in [0.2, 0.25) is 5.02 Å². The first-order valence-electron chi connectivity index (χ1n) is 6.79. The predicted octanol–water partition coefficient (Wildman–Crippen LogP) is 4.66. The third kappa shape index (κ3) is 4.22. The van der Waals surface area contributed by atoms with Crippen LogP contribution in [0.3, 0.4) is 0 Å². The molecule has 2 nitrogen and oxygen atoms in total. The lowest BCUT2D eigenvalue weighted by molar-refractivity contribution is 0.0942. The summed E-state index contributed by atoms with van der Waals surface area (Å²) in [5.74, 6) is 1.46. The van der Waals surface area contributed by atoms with Crippen molar-refractivity contribution in [3.8, 4) is 0 Å². The highest BCUT2D eigenvalue weighted by molar-refractivity contribution is 9.10. The highest BCUT2D eigenvalue weighted by atomic mass is 79.9. The number of carbonyl (C=O) groups excluding carboxylic acids is 1. The first-order valence-corrected chi connectivity index (χ1v) is 7.96. The van der Waals surface area contributed by atoms with Gasteiger partial charge in [-0.2, -0.15) is 0 Å². The molecule has 19 heavy (non-hydrogen) atoms. The Kier molecular flexibility index (Phi) is 5.28. The Morgan fingerprint density at radius 3 is 2.68 bits per heavy atom. The smallest absolute Gasteiger partial charge is 0.251 e. The SMILES string of the molecule is CC1CCC(CNC(=O)c2ccc(Cl)c(Br)c2)CC1. The second-order valence-electron chi connectivity index (χ2n) is 5.46. The van der Waals surface area contributed by atoms with Crippen LogP contribution in [0.25, 0.3) is 0 Å². The minimum absolute atomic E-state index is 0.0176. The molecule has 1 aromatic rings. The first kappa shape index (κ1) is 14.9. The Hall–Kier alpha value is -0.540. The fraction of sp³-hybridized carbons (Fsp3) is 0.533. The minimum Gasteiger partial charge on any atom is -0.352 e. The maximum absolute atomic E-state index is 12.0. The van der Waals surface area contributed by atoms with Crippen molar-refractivity contribution in [3.63, 3.8) is 0 Å². The summed E-state index contributed by atoms with van der Waals surface area (Å²) in [6, 6.07) is 5.26. The zero-order valence-electron chi connectivity index (χ0n) is 11.1. The third-order valence-corrected chi connectivity index (χ3v) is 5.08. The van der Waals surface area contributed by atoms with Crippen LogP contribution in [0.5, 0.6) is 0 Å². The highest BCUT2D eigenvalue weighted by Gasteiger charge is 2.19. The number of halogens is 2. The molecule has 1 aliphatic carbocycles. The quantitative estimate of drug-likeness (QED) is 0.849. The molecule has 0 spiro atoms. The molecular formula is C15H19BrClNO.